The number of anilines is 1. The van der Waals surface area contributed by atoms with Gasteiger partial charge in [0.2, 0.25) is 29.5 Å². The summed E-state index contributed by atoms with van der Waals surface area (Å²) in [4.78, 5) is 83.1. The van der Waals surface area contributed by atoms with Crippen molar-refractivity contribution in [2.75, 3.05) is 25.0 Å². The molecule has 1 aromatic carbocycles. The van der Waals surface area contributed by atoms with E-state index in [0.717, 1.165) is 12.0 Å². The van der Waals surface area contributed by atoms with E-state index < -0.39 is 23.9 Å². The zero-order chi connectivity index (χ0) is 37.9. The van der Waals surface area contributed by atoms with E-state index in [9.17, 15) is 33.6 Å². The predicted octanol–water partition coefficient (Wildman–Crippen LogP) is 4.02. The number of primary amides is 1. The maximum atomic E-state index is 12.6. The molecular weight excluding hydrogens is 632 g/mol. The number of nitrogens with zero attached hydrogens (tertiary/aromatic N) is 1. The quantitative estimate of drug-likeness (QED) is 0.0969. The lowest BCUT2D eigenvalue weighted by atomic mass is 10.0. The number of carbonyl (C=O) groups is 7. The second-order valence-corrected chi connectivity index (χ2v) is 11.1. The number of likely N-dealkylation sites (tertiary alicyclic amines) is 1. The first-order chi connectivity index (χ1) is 23.2. The van der Waals surface area contributed by atoms with E-state index in [4.69, 9.17) is 10.5 Å². The third kappa shape index (κ3) is 21.2. The molecule has 7 amide bonds. The molecule has 0 aromatic heterocycles. The van der Waals surface area contributed by atoms with Crippen LogP contribution >= 0.6 is 0 Å². The SMILES string of the molecule is CC.CC.CC(=O)OCc1ccc(NC(=O)CNC(=O)C(NC(=O)CCCCCN2C(=O)CC(C)C2=O)C(C)C)cc1.CCCNC(N)=O. The van der Waals surface area contributed by atoms with Crippen LogP contribution in [0.15, 0.2) is 24.3 Å². The number of nitrogens with two attached hydrogens (primary N) is 1. The van der Waals surface area contributed by atoms with E-state index in [0.29, 0.717) is 38.0 Å². The molecule has 0 bridgehead atoms. The van der Waals surface area contributed by atoms with E-state index in [1.165, 1.54) is 11.8 Å². The minimum Gasteiger partial charge on any atom is -0.461 e. The van der Waals surface area contributed by atoms with Crippen molar-refractivity contribution in [2.24, 2.45) is 17.6 Å². The molecule has 1 heterocycles. The van der Waals surface area contributed by atoms with Gasteiger partial charge in [-0.3, -0.25) is 33.7 Å². The maximum absolute atomic E-state index is 12.6. The van der Waals surface area contributed by atoms with Gasteiger partial charge < -0.3 is 31.7 Å². The van der Waals surface area contributed by atoms with Crippen molar-refractivity contribution in [3.05, 3.63) is 29.8 Å². The van der Waals surface area contributed by atoms with Crippen LogP contribution < -0.4 is 27.0 Å². The van der Waals surface area contributed by atoms with Gasteiger partial charge in [-0.05, 0) is 42.9 Å². The highest BCUT2D eigenvalue weighted by atomic mass is 16.5. The lowest BCUT2D eigenvalue weighted by Crippen LogP contribution is -2.51. The Bertz CT molecular complexity index is 1170. The predicted molar refractivity (Wildman–Crippen MR) is 190 cm³/mol. The van der Waals surface area contributed by atoms with Crippen molar-refractivity contribution in [1.29, 1.82) is 0 Å². The van der Waals surface area contributed by atoms with E-state index in [2.05, 4.69) is 21.3 Å². The lowest BCUT2D eigenvalue weighted by Gasteiger charge is -2.21. The number of ether oxygens (including phenoxy) is 1. The van der Waals surface area contributed by atoms with Crippen molar-refractivity contribution in [3.8, 4) is 0 Å². The lowest BCUT2D eigenvalue weighted by molar-refractivity contribution is -0.142. The monoisotopic (exact) mass is 692 g/mol. The third-order valence-electron chi connectivity index (χ3n) is 6.67. The molecule has 2 atom stereocenters. The Balaban J connectivity index is 0. The number of imide groups is 1. The number of nitrogens with one attached hydrogen (secondary N) is 4. The van der Waals surface area contributed by atoms with Gasteiger partial charge in [0, 0.05) is 44.5 Å². The third-order valence-corrected chi connectivity index (χ3v) is 6.67. The maximum Gasteiger partial charge on any atom is 0.312 e. The normalized spacial score (nSPS) is 13.7. The van der Waals surface area contributed by atoms with Gasteiger partial charge in [0.15, 0.2) is 0 Å². The number of hydrogen-bond donors (Lipinski definition) is 5. The summed E-state index contributed by atoms with van der Waals surface area (Å²) in [6.07, 6.45) is 3.25. The summed E-state index contributed by atoms with van der Waals surface area (Å²) >= 11 is 0. The Morgan fingerprint density at radius 2 is 1.55 bits per heavy atom. The van der Waals surface area contributed by atoms with Crippen molar-refractivity contribution < 1.29 is 38.3 Å². The second-order valence-electron chi connectivity index (χ2n) is 11.1. The van der Waals surface area contributed by atoms with Crippen LogP contribution in [0, 0.1) is 11.8 Å². The van der Waals surface area contributed by atoms with Gasteiger partial charge in [0.1, 0.15) is 12.6 Å². The van der Waals surface area contributed by atoms with Gasteiger partial charge >= 0.3 is 12.0 Å². The molecule has 0 spiro atoms. The van der Waals surface area contributed by atoms with Gasteiger partial charge in [-0.15, -0.1) is 0 Å². The number of amides is 7. The van der Waals surface area contributed by atoms with E-state index in [1.807, 2.05) is 34.6 Å². The number of esters is 1. The molecule has 2 rings (SSSR count). The molecule has 2 unspecified atom stereocenters. The Morgan fingerprint density at radius 1 is 0.939 bits per heavy atom. The van der Waals surface area contributed by atoms with Crippen molar-refractivity contribution in [2.45, 2.75) is 113 Å². The largest absolute Gasteiger partial charge is 0.461 e. The van der Waals surface area contributed by atoms with Crippen molar-refractivity contribution >= 4 is 47.2 Å². The van der Waals surface area contributed by atoms with Crippen LogP contribution in [0.1, 0.15) is 106 Å². The molecule has 49 heavy (non-hydrogen) atoms. The van der Waals surface area contributed by atoms with Gasteiger partial charge in [-0.25, -0.2) is 4.79 Å². The molecule has 1 aromatic rings. The average molecular weight is 693 g/mol. The Hall–Kier alpha value is -4.49. The summed E-state index contributed by atoms with van der Waals surface area (Å²) in [6, 6.07) is 5.52. The standard InChI is InChI=1S/C27H38N4O7.C4H10N2O.2C2H6/c1-17(2)25(30-22(33)8-6-5-7-13-31-24(35)14-18(3)27(31)37)26(36)28-15-23(34)29-21-11-9-20(10-12-21)16-38-19(4)32;1-2-3-6-4(5)7;2*1-2/h9-12,17-18,25H,5-8,13-16H2,1-4H3,(H,28,36)(H,29,34)(H,30,33);2-3H2,1H3,(H3,5,6,7);2*1-2H3. The summed E-state index contributed by atoms with van der Waals surface area (Å²) in [5, 5.41) is 10.4. The van der Waals surface area contributed by atoms with E-state index in [1.54, 1.807) is 45.0 Å². The number of carbonyl (C=O) groups excluding carboxylic acids is 7. The first kappa shape index (κ1) is 46.6. The minimum absolute atomic E-state index is 0.138. The van der Waals surface area contributed by atoms with Crippen LogP contribution in [-0.2, 0) is 40.1 Å². The topological polar surface area (TPSA) is 206 Å². The fraction of sp³-hybridized carbons (Fsp3) is 0.629. The Labute approximate surface area is 292 Å². The number of urea groups is 1. The van der Waals surface area contributed by atoms with Gasteiger partial charge in [-0.2, -0.15) is 0 Å². The fourth-order valence-electron chi connectivity index (χ4n) is 4.20. The molecular formula is C35H60N6O8. The van der Waals surface area contributed by atoms with Crippen LogP contribution in [0.2, 0.25) is 0 Å². The van der Waals surface area contributed by atoms with Crippen LogP contribution in [0.3, 0.4) is 0 Å². The molecule has 1 saturated heterocycles. The summed E-state index contributed by atoms with van der Waals surface area (Å²) < 4.78 is 4.92. The minimum atomic E-state index is -0.794. The van der Waals surface area contributed by atoms with Crippen molar-refractivity contribution in [3.63, 3.8) is 0 Å². The first-order valence-corrected chi connectivity index (χ1v) is 17.2. The molecule has 0 saturated carbocycles. The highest BCUT2D eigenvalue weighted by Gasteiger charge is 2.34. The van der Waals surface area contributed by atoms with Gasteiger partial charge in [0.25, 0.3) is 0 Å². The van der Waals surface area contributed by atoms with E-state index >= 15 is 0 Å². The van der Waals surface area contributed by atoms with Crippen LogP contribution in [-0.4, -0.2) is 72.1 Å². The Kier molecular flexibility index (Phi) is 26.1. The number of benzene rings is 1. The summed E-state index contributed by atoms with van der Waals surface area (Å²) in [7, 11) is 0. The first-order valence-electron chi connectivity index (χ1n) is 17.2. The molecule has 14 heteroatoms. The molecule has 278 valence electrons. The molecule has 1 fully saturated rings. The zero-order valence-corrected chi connectivity index (χ0v) is 30.9. The summed E-state index contributed by atoms with van der Waals surface area (Å²) in [6.45, 7) is 17.5. The number of unbranched alkanes of at least 4 members (excludes halogenated alkanes) is 2. The van der Waals surface area contributed by atoms with Gasteiger partial charge in [0.05, 0.1) is 6.54 Å². The van der Waals surface area contributed by atoms with Crippen molar-refractivity contribution in [1.82, 2.24) is 20.9 Å². The Morgan fingerprint density at radius 3 is 2.02 bits per heavy atom. The molecule has 0 aliphatic carbocycles. The molecule has 1 aliphatic rings. The highest BCUT2D eigenvalue weighted by molar-refractivity contribution is 6.03. The average Bonchev–Trinajstić information content (AvgIpc) is 3.32. The highest BCUT2D eigenvalue weighted by Crippen LogP contribution is 2.19. The zero-order valence-electron chi connectivity index (χ0n) is 30.9. The molecule has 1 aliphatic heterocycles. The van der Waals surface area contributed by atoms with Gasteiger partial charge in [-0.1, -0.05) is 73.9 Å². The summed E-state index contributed by atoms with van der Waals surface area (Å²) in [5.74, 6) is -2.28. The second kappa shape index (κ2) is 27.5. The van der Waals surface area contributed by atoms with E-state index in [-0.39, 0.29) is 61.5 Å². The molecule has 6 N–H and O–H groups in total. The van der Waals surface area contributed by atoms with Crippen LogP contribution in [0.5, 0.6) is 0 Å². The van der Waals surface area contributed by atoms with Crippen LogP contribution in [0.4, 0.5) is 10.5 Å². The smallest absolute Gasteiger partial charge is 0.312 e. The number of rotatable bonds is 16. The summed E-state index contributed by atoms with van der Waals surface area (Å²) in [5.41, 5.74) is 6.03. The van der Waals surface area contributed by atoms with Crippen LogP contribution in [0.25, 0.3) is 0 Å². The molecule has 0 radical (unpaired) electrons. The number of hydrogen-bond acceptors (Lipinski definition) is 8. The molecule has 14 nitrogen and oxygen atoms in total. The fourth-order valence-corrected chi connectivity index (χ4v) is 4.20.